The van der Waals surface area contributed by atoms with Crippen LogP contribution in [-0.4, -0.2) is 48.7 Å². The SMILES string of the molecule is CCOCCN(C)C(=O)[C@H]1CC(CC)C[C@H]1C(=O)O. The number of hydrogen-bond acceptors (Lipinski definition) is 3. The van der Waals surface area contributed by atoms with Crippen molar-refractivity contribution in [1.82, 2.24) is 4.90 Å². The van der Waals surface area contributed by atoms with E-state index in [-0.39, 0.29) is 11.8 Å². The number of ether oxygens (including phenoxy) is 1. The zero-order chi connectivity index (χ0) is 14.4. The van der Waals surface area contributed by atoms with Gasteiger partial charge in [-0.05, 0) is 25.7 Å². The molecule has 0 aliphatic heterocycles. The number of likely N-dealkylation sites (N-methyl/N-ethyl adjacent to an activating group) is 1. The third-order valence-electron chi connectivity index (χ3n) is 4.02. The number of carbonyl (C=O) groups excluding carboxylic acids is 1. The molecule has 0 aromatic heterocycles. The summed E-state index contributed by atoms with van der Waals surface area (Å²) in [5, 5.41) is 9.25. The first-order valence-corrected chi connectivity index (χ1v) is 7.06. The van der Waals surface area contributed by atoms with Crippen molar-refractivity contribution in [2.24, 2.45) is 17.8 Å². The van der Waals surface area contributed by atoms with E-state index < -0.39 is 11.9 Å². The molecule has 3 atom stereocenters. The summed E-state index contributed by atoms with van der Waals surface area (Å²) >= 11 is 0. The molecule has 1 amide bonds. The fourth-order valence-corrected chi connectivity index (χ4v) is 2.76. The van der Waals surface area contributed by atoms with E-state index in [0.717, 1.165) is 6.42 Å². The summed E-state index contributed by atoms with van der Waals surface area (Å²) in [5.74, 6) is -1.42. The molecule has 1 saturated carbocycles. The predicted molar refractivity (Wildman–Crippen MR) is 71.8 cm³/mol. The maximum atomic E-state index is 12.3. The van der Waals surface area contributed by atoms with Gasteiger partial charge in [0.2, 0.25) is 5.91 Å². The van der Waals surface area contributed by atoms with E-state index in [4.69, 9.17) is 4.74 Å². The van der Waals surface area contributed by atoms with Crippen LogP contribution in [0, 0.1) is 17.8 Å². The second-order valence-corrected chi connectivity index (χ2v) is 5.25. The molecule has 1 unspecified atom stereocenters. The zero-order valence-electron chi connectivity index (χ0n) is 12.1. The van der Waals surface area contributed by atoms with Crippen molar-refractivity contribution in [3.63, 3.8) is 0 Å². The van der Waals surface area contributed by atoms with Crippen LogP contribution in [0.25, 0.3) is 0 Å². The Morgan fingerprint density at radius 1 is 1.26 bits per heavy atom. The van der Waals surface area contributed by atoms with Gasteiger partial charge in [0.05, 0.1) is 18.4 Å². The molecule has 0 saturated heterocycles. The van der Waals surface area contributed by atoms with E-state index in [1.165, 1.54) is 0 Å². The molecule has 5 nitrogen and oxygen atoms in total. The number of carbonyl (C=O) groups is 2. The molecule has 0 aromatic rings. The lowest BCUT2D eigenvalue weighted by Crippen LogP contribution is -2.38. The van der Waals surface area contributed by atoms with Crippen LogP contribution in [0.1, 0.15) is 33.1 Å². The van der Waals surface area contributed by atoms with Crippen LogP contribution in [0.3, 0.4) is 0 Å². The van der Waals surface area contributed by atoms with Gasteiger partial charge in [0.25, 0.3) is 0 Å². The topological polar surface area (TPSA) is 66.8 Å². The minimum atomic E-state index is -0.840. The smallest absolute Gasteiger partial charge is 0.307 e. The van der Waals surface area contributed by atoms with Gasteiger partial charge in [-0.25, -0.2) is 0 Å². The van der Waals surface area contributed by atoms with Crippen molar-refractivity contribution in [1.29, 1.82) is 0 Å². The average molecular weight is 271 g/mol. The lowest BCUT2D eigenvalue weighted by molar-refractivity contribution is -0.148. The van der Waals surface area contributed by atoms with E-state index in [0.29, 0.717) is 38.5 Å². The standard InChI is InChI=1S/C14H25NO4/c1-4-10-8-11(12(9-10)14(17)18)13(16)15(3)6-7-19-5-2/h10-12H,4-9H2,1-3H3,(H,17,18)/t10?,11-,12+/m0/s1. The lowest BCUT2D eigenvalue weighted by Gasteiger charge is -2.23. The largest absolute Gasteiger partial charge is 0.481 e. The van der Waals surface area contributed by atoms with Crippen LogP contribution in [0.5, 0.6) is 0 Å². The second-order valence-electron chi connectivity index (χ2n) is 5.25. The second kappa shape index (κ2) is 7.48. The first-order chi connectivity index (χ1) is 9.01. The Balaban J connectivity index is 2.60. The van der Waals surface area contributed by atoms with Gasteiger partial charge in [-0.3, -0.25) is 9.59 Å². The Bertz CT molecular complexity index is 319. The highest BCUT2D eigenvalue weighted by atomic mass is 16.5. The summed E-state index contributed by atoms with van der Waals surface area (Å²) in [6.45, 7) is 5.61. The number of nitrogens with zero attached hydrogens (tertiary/aromatic N) is 1. The van der Waals surface area contributed by atoms with Crippen LogP contribution in [0.2, 0.25) is 0 Å². The fraction of sp³-hybridized carbons (Fsp3) is 0.857. The van der Waals surface area contributed by atoms with E-state index in [2.05, 4.69) is 6.92 Å². The summed E-state index contributed by atoms with van der Waals surface area (Å²) in [6, 6.07) is 0. The van der Waals surface area contributed by atoms with E-state index in [1.54, 1.807) is 11.9 Å². The molecule has 110 valence electrons. The highest BCUT2D eigenvalue weighted by molar-refractivity contribution is 5.85. The molecule has 0 aromatic carbocycles. The third-order valence-corrected chi connectivity index (χ3v) is 4.02. The molecule has 0 spiro atoms. The van der Waals surface area contributed by atoms with Crippen molar-refractivity contribution in [2.75, 3.05) is 26.8 Å². The third kappa shape index (κ3) is 4.20. The van der Waals surface area contributed by atoms with Crippen molar-refractivity contribution >= 4 is 11.9 Å². The van der Waals surface area contributed by atoms with Gasteiger partial charge >= 0.3 is 5.97 Å². The molecule has 1 rings (SSSR count). The molecule has 1 fully saturated rings. The molecular weight excluding hydrogens is 246 g/mol. The number of amides is 1. The Kier molecular flexibility index (Phi) is 6.28. The molecule has 19 heavy (non-hydrogen) atoms. The van der Waals surface area contributed by atoms with Crippen LogP contribution >= 0.6 is 0 Å². The number of hydrogen-bond donors (Lipinski definition) is 1. The van der Waals surface area contributed by atoms with Gasteiger partial charge in [-0.2, -0.15) is 0 Å². The Morgan fingerprint density at radius 3 is 2.42 bits per heavy atom. The van der Waals surface area contributed by atoms with Gasteiger partial charge in [0.1, 0.15) is 0 Å². The molecular formula is C14H25NO4. The van der Waals surface area contributed by atoms with E-state index in [9.17, 15) is 14.7 Å². The Hall–Kier alpha value is -1.10. The number of rotatable bonds is 7. The number of aliphatic carboxylic acids is 1. The summed E-state index contributed by atoms with van der Waals surface area (Å²) in [7, 11) is 1.72. The average Bonchev–Trinajstić information content (AvgIpc) is 2.82. The first-order valence-electron chi connectivity index (χ1n) is 7.06. The van der Waals surface area contributed by atoms with E-state index >= 15 is 0 Å². The van der Waals surface area contributed by atoms with Crippen LogP contribution in [0.4, 0.5) is 0 Å². The van der Waals surface area contributed by atoms with Crippen molar-refractivity contribution in [3.8, 4) is 0 Å². The molecule has 1 N–H and O–H groups in total. The monoisotopic (exact) mass is 271 g/mol. The summed E-state index contributed by atoms with van der Waals surface area (Å²) in [5.41, 5.74) is 0. The molecule has 0 heterocycles. The number of carboxylic acid groups (broad SMARTS) is 1. The minimum absolute atomic E-state index is 0.0527. The van der Waals surface area contributed by atoms with E-state index in [1.807, 2.05) is 6.92 Å². The minimum Gasteiger partial charge on any atom is -0.481 e. The van der Waals surface area contributed by atoms with Crippen molar-refractivity contribution < 1.29 is 19.4 Å². The Morgan fingerprint density at radius 2 is 1.89 bits per heavy atom. The highest BCUT2D eigenvalue weighted by Crippen LogP contribution is 2.39. The van der Waals surface area contributed by atoms with Crippen molar-refractivity contribution in [2.45, 2.75) is 33.1 Å². The molecule has 1 aliphatic carbocycles. The molecule has 0 radical (unpaired) electrons. The maximum absolute atomic E-state index is 12.3. The molecule has 5 heteroatoms. The highest BCUT2D eigenvalue weighted by Gasteiger charge is 2.42. The van der Waals surface area contributed by atoms with Gasteiger partial charge < -0.3 is 14.7 Å². The summed E-state index contributed by atoms with van der Waals surface area (Å²) in [4.78, 5) is 25.2. The lowest BCUT2D eigenvalue weighted by atomic mass is 9.95. The van der Waals surface area contributed by atoms with Gasteiger partial charge in [0, 0.05) is 20.2 Å². The normalized spacial score (nSPS) is 26.4. The summed E-state index contributed by atoms with van der Waals surface area (Å²) in [6.07, 6.45) is 2.27. The zero-order valence-corrected chi connectivity index (χ0v) is 12.1. The quantitative estimate of drug-likeness (QED) is 0.714. The van der Waals surface area contributed by atoms with Gasteiger partial charge in [0.15, 0.2) is 0 Å². The molecule has 1 aliphatic rings. The van der Waals surface area contributed by atoms with Gasteiger partial charge in [-0.1, -0.05) is 13.3 Å². The number of carboxylic acids is 1. The van der Waals surface area contributed by atoms with Crippen LogP contribution in [-0.2, 0) is 14.3 Å². The maximum Gasteiger partial charge on any atom is 0.307 e. The predicted octanol–water partition coefficient (Wildman–Crippen LogP) is 1.62. The molecule has 0 bridgehead atoms. The summed E-state index contributed by atoms with van der Waals surface area (Å²) < 4.78 is 5.22. The first kappa shape index (κ1) is 16.0. The van der Waals surface area contributed by atoms with Crippen LogP contribution in [0.15, 0.2) is 0 Å². The van der Waals surface area contributed by atoms with Gasteiger partial charge in [-0.15, -0.1) is 0 Å². The van der Waals surface area contributed by atoms with Crippen LogP contribution < -0.4 is 0 Å². The fourth-order valence-electron chi connectivity index (χ4n) is 2.76. The Labute approximate surface area is 114 Å². The van der Waals surface area contributed by atoms with Crippen molar-refractivity contribution in [3.05, 3.63) is 0 Å².